The third-order valence-corrected chi connectivity index (χ3v) is 3.71. The Morgan fingerprint density at radius 3 is 2.72 bits per heavy atom. The fourth-order valence-corrected chi connectivity index (χ4v) is 2.47. The van der Waals surface area contributed by atoms with E-state index in [0.717, 1.165) is 12.1 Å². The lowest BCUT2D eigenvalue weighted by Crippen LogP contribution is -2.32. The Bertz CT molecular complexity index is 469. The van der Waals surface area contributed by atoms with Crippen LogP contribution in [0.2, 0.25) is 5.15 Å². The Balaban J connectivity index is 2.35. The van der Waals surface area contributed by atoms with Crippen molar-refractivity contribution in [2.24, 2.45) is 12.8 Å². The van der Waals surface area contributed by atoms with Gasteiger partial charge in [0, 0.05) is 26.2 Å². The van der Waals surface area contributed by atoms with E-state index in [0.29, 0.717) is 23.8 Å². The van der Waals surface area contributed by atoms with Crippen LogP contribution in [0, 0.1) is 0 Å². The second-order valence-electron chi connectivity index (χ2n) is 5.13. The van der Waals surface area contributed by atoms with Gasteiger partial charge in [-0.1, -0.05) is 25.4 Å². The van der Waals surface area contributed by atoms with E-state index in [9.17, 15) is 4.79 Å². The number of aromatic nitrogens is 2. The molecule has 1 aliphatic heterocycles. The van der Waals surface area contributed by atoms with Crippen LogP contribution in [-0.2, 0) is 7.05 Å². The molecule has 2 rings (SSSR count). The second-order valence-corrected chi connectivity index (χ2v) is 5.49. The van der Waals surface area contributed by atoms with E-state index in [2.05, 4.69) is 5.10 Å². The van der Waals surface area contributed by atoms with E-state index in [1.54, 1.807) is 16.6 Å². The fraction of sp³-hybridized carbons (Fsp3) is 0.667. The Hall–Kier alpha value is -1.07. The van der Waals surface area contributed by atoms with Crippen LogP contribution in [0.15, 0.2) is 0 Å². The minimum atomic E-state index is -0.0512. The molecule has 18 heavy (non-hydrogen) atoms. The summed E-state index contributed by atoms with van der Waals surface area (Å²) >= 11 is 6.19. The zero-order valence-corrected chi connectivity index (χ0v) is 11.7. The SMILES string of the molecule is CC(C)c1nn(C)c(Cl)c1C(=O)N1CC[C@@H](N)C1. The Morgan fingerprint density at radius 1 is 1.56 bits per heavy atom. The number of carbonyl (C=O) groups is 1. The van der Waals surface area contributed by atoms with Gasteiger partial charge in [-0.25, -0.2) is 0 Å². The van der Waals surface area contributed by atoms with Crippen molar-refractivity contribution in [1.29, 1.82) is 0 Å². The molecule has 0 spiro atoms. The van der Waals surface area contributed by atoms with E-state index >= 15 is 0 Å². The lowest BCUT2D eigenvalue weighted by atomic mass is 10.1. The predicted molar refractivity (Wildman–Crippen MR) is 70.8 cm³/mol. The van der Waals surface area contributed by atoms with Gasteiger partial charge >= 0.3 is 0 Å². The van der Waals surface area contributed by atoms with Crippen LogP contribution >= 0.6 is 11.6 Å². The van der Waals surface area contributed by atoms with Crippen LogP contribution < -0.4 is 5.73 Å². The molecule has 1 aromatic heterocycles. The first-order chi connectivity index (χ1) is 8.41. The first kappa shape index (κ1) is 13.4. The van der Waals surface area contributed by atoms with Gasteiger partial charge in [-0.2, -0.15) is 5.10 Å². The third-order valence-electron chi connectivity index (χ3n) is 3.28. The normalized spacial score (nSPS) is 19.9. The summed E-state index contributed by atoms with van der Waals surface area (Å²) in [6.07, 6.45) is 0.848. The highest BCUT2D eigenvalue weighted by Crippen LogP contribution is 2.27. The fourth-order valence-electron chi connectivity index (χ4n) is 2.25. The lowest BCUT2D eigenvalue weighted by Gasteiger charge is -2.16. The van der Waals surface area contributed by atoms with Gasteiger partial charge in [0.1, 0.15) is 5.15 Å². The quantitative estimate of drug-likeness (QED) is 0.883. The van der Waals surface area contributed by atoms with Gasteiger partial charge in [0.2, 0.25) is 0 Å². The number of aryl methyl sites for hydroxylation is 1. The van der Waals surface area contributed by atoms with Gasteiger partial charge in [-0.05, 0) is 12.3 Å². The summed E-state index contributed by atoms with van der Waals surface area (Å²) in [4.78, 5) is 14.2. The molecular weight excluding hydrogens is 252 g/mol. The van der Waals surface area contributed by atoms with Gasteiger partial charge in [-0.15, -0.1) is 0 Å². The first-order valence-corrected chi connectivity index (χ1v) is 6.56. The molecule has 2 heterocycles. The van der Waals surface area contributed by atoms with Gasteiger partial charge in [0.25, 0.3) is 5.91 Å². The Labute approximate surface area is 112 Å². The molecule has 1 aliphatic rings. The average molecular weight is 271 g/mol. The van der Waals surface area contributed by atoms with Gasteiger partial charge in [0.15, 0.2) is 0 Å². The summed E-state index contributed by atoms with van der Waals surface area (Å²) in [5.41, 5.74) is 7.12. The van der Waals surface area contributed by atoms with Crippen molar-refractivity contribution in [3.63, 3.8) is 0 Å². The number of rotatable bonds is 2. The zero-order valence-electron chi connectivity index (χ0n) is 11.0. The molecule has 1 saturated heterocycles. The monoisotopic (exact) mass is 270 g/mol. The lowest BCUT2D eigenvalue weighted by molar-refractivity contribution is 0.0789. The van der Waals surface area contributed by atoms with Gasteiger partial charge < -0.3 is 10.6 Å². The molecule has 1 atom stereocenters. The minimum absolute atomic E-state index is 0.0512. The molecule has 5 nitrogen and oxygen atoms in total. The van der Waals surface area contributed by atoms with E-state index in [1.165, 1.54) is 0 Å². The highest BCUT2D eigenvalue weighted by Gasteiger charge is 2.30. The maximum atomic E-state index is 12.5. The molecule has 6 heteroatoms. The minimum Gasteiger partial charge on any atom is -0.337 e. The molecule has 0 saturated carbocycles. The summed E-state index contributed by atoms with van der Waals surface area (Å²) in [6.45, 7) is 5.31. The van der Waals surface area contributed by atoms with Crippen LogP contribution in [-0.4, -0.2) is 39.7 Å². The van der Waals surface area contributed by atoms with Crippen LogP contribution in [0.5, 0.6) is 0 Å². The van der Waals surface area contributed by atoms with Crippen molar-refractivity contribution in [2.75, 3.05) is 13.1 Å². The Morgan fingerprint density at radius 2 is 2.22 bits per heavy atom. The summed E-state index contributed by atoms with van der Waals surface area (Å²) < 4.78 is 1.56. The van der Waals surface area contributed by atoms with Crippen molar-refractivity contribution < 1.29 is 4.79 Å². The van der Waals surface area contributed by atoms with Crippen molar-refractivity contribution in [1.82, 2.24) is 14.7 Å². The summed E-state index contributed by atoms with van der Waals surface area (Å²) in [5.74, 6) is 0.115. The maximum absolute atomic E-state index is 12.5. The number of likely N-dealkylation sites (tertiary alicyclic amines) is 1. The number of amides is 1. The van der Waals surface area contributed by atoms with E-state index in [-0.39, 0.29) is 17.9 Å². The van der Waals surface area contributed by atoms with Gasteiger partial charge in [-0.3, -0.25) is 9.48 Å². The van der Waals surface area contributed by atoms with Crippen molar-refractivity contribution in [3.05, 3.63) is 16.4 Å². The molecule has 100 valence electrons. The van der Waals surface area contributed by atoms with Crippen molar-refractivity contribution in [2.45, 2.75) is 32.2 Å². The molecule has 0 aliphatic carbocycles. The average Bonchev–Trinajstić information content (AvgIpc) is 2.84. The van der Waals surface area contributed by atoms with E-state index in [1.807, 2.05) is 13.8 Å². The standard InChI is InChI=1S/C12H19ClN4O/c1-7(2)10-9(11(13)16(3)15-10)12(18)17-5-4-8(14)6-17/h7-8H,4-6,14H2,1-3H3/t8-/m1/s1. The van der Waals surface area contributed by atoms with Gasteiger partial charge in [0.05, 0.1) is 11.3 Å². The number of hydrogen-bond acceptors (Lipinski definition) is 3. The highest BCUT2D eigenvalue weighted by molar-refractivity contribution is 6.33. The van der Waals surface area contributed by atoms with Crippen LogP contribution in [0.1, 0.15) is 42.2 Å². The molecule has 0 unspecified atom stereocenters. The zero-order chi connectivity index (χ0) is 13.4. The summed E-state index contributed by atoms with van der Waals surface area (Å²) in [6, 6.07) is 0.0758. The molecule has 1 amide bonds. The largest absolute Gasteiger partial charge is 0.337 e. The highest BCUT2D eigenvalue weighted by atomic mass is 35.5. The molecule has 1 fully saturated rings. The van der Waals surface area contributed by atoms with Crippen LogP contribution in [0.25, 0.3) is 0 Å². The second kappa shape index (κ2) is 4.90. The summed E-state index contributed by atoms with van der Waals surface area (Å²) in [7, 11) is 1.75. The third kappa shape index (κ3) is 2.24. The number of hydrogen-bond donors (Lipinski definition) is 1. The smallest absolute Gasteiger partial charge is 0.258 e. The Kier molecular flexibility index (Phi) is 3.64. The van der Waals surface area contributed by atoms with Crippen LogP contribution in [0.4, 0.5) is 0 Å². The van der Waals surface area contributed by atoms with Crippen molar-refractivity contribution in [3.8, 4) is 0 Å². The number of carbonyl (C=O) groups excluding carboxylic acids is 1. The van der Waals surface area contributed by atoms with E-state index in [4.69, 9.17) is 17.3 Å². The first-order valence-electron chi connectivity index (χ1n) is 6.19. The molecule has 1 aromatic rings. The topological polar surface area (TPSA) is 64.2 Å². The van der Waals surface area contributed by atoms with Crippen molar-refractivity contribution >= 4 is 17.5 Å². The molecule has 2 N–H and O–H groups in total. The van der Waals surface area contributed by atoms with Crippen LogP contribution in [0.3, 0.4) is 0 Å². The molecule has 0 aromatic carbocycles. The number of nitrogens with zero attached hydrogens (tertiary/aromatic N) is 3. The molecular formula is C12H19ClN4O. The predicted octanol–water partition coefficient (Wildman–Crippen LogP) is 1.37. The number of nitrogens with two attached hydrogens (primary N) is 1. The molecule has 0 radical (unpaired) electrons. The van der Waals surface area contributed by atoms with E-state index < -0.39 is 0 Å². The number of halogens is 1. The summed E-state index contributed by atoms with van der Waals surface area (Å²) in [5, 5.41) is 4.73. The molecule has 0 bridgehead atoms. The maximum Gasteiger partial charge on any atom is 0.258 e.